The van der Waals surface area contributed by atoms with E-state index in [4.69, 9.17) is 24.4 Å². The summed E-state index contributed by atoms with van der Waals surface area (Å²) >= 11 is 0. The van der Waals surface area contributed by atoms with Gasteiger partial charge in [0.25, 0.3) is 0 Å². The highest BCUT2D eigenvalue weighted by molar-refractivity contribution is 7.49. The fraction of sp³-hybridized carbons (Fsp3) is 0.600. The second-order valence-corrected chi connectivity index (χ2v) is 8.42. The van der Waals surface area contributed by atoms with E-state index in [9.17, 15) is 4.57 Å². The third kappa shape index (κ3) is 6.36. The summed E-state index contributed by atoms with van der Waals surface area (Å²) in [5, 5.41) is 9.09. The molecular formula is C15H26NO5P. The molecule has 126 valence electrons. The molecule has 0 radical (unpaired) electrons. The van der Waals surface area contributed by atoms with E-state index < -0.39 is 19.0 Å². The van der Waals surface area contributed by atoms with Crippen LogP contribution in [0, 0.1) is 0 Å². The van der Waals surface area contributed by atoms with Crippen LogP contribution in [0.3, 0.4) is 0 Å². The first-order valence-corrected chi connectivity index (χ1v) is 8.50. The van der Waals surface area contributed by atoms with Gasteiger partial charge in [-0.15, -0.1) is 0 Å². The van der Waals surface area contributed by atoms with E-state index in [0.29, 0.717) is 5.56 Å². The highest BCUT2D eigenvalue weighted by Gasteiger charge is 2.39. The van der Waals surface area contributed by atoms with Crippen molar-refractivity contribution in [1.29, 1.82) is 0 Å². The van der Waals surface area contributed by atoms with Gasteiger partial charge in [0.2, 0.25) is 0 Å². The van der Waals surface area contributed by atoms with Crippen molar-refractivity contribution in [2.45, 2.75) is 59.4 Å². The van der Waals surface area contributed by atoms with E-state index in [1.54, 1.807) is 53.7 Å². The van der Waals surface area contributed by atoms with Crippen LogP contribution in [0.2, 0.25) is 0 Å². The minimum Gasteiger partial charge on any atom is -0.402 e. The molecule has 0 saturated heterocycles. The number of aliphatic hydroxyl groups excluding tert-OH is 1. The van der Waals surface area contributed by atoms with Crippen LogP contribution in [0.4, 0.5) is 5.69 Å². The molecule has 22 heavy (non-hydrogen) atoms. The standard InChI is InChI=1S/C15H26NO5P/c1-14(2,3)20-22(18,21-15(4,5)6)19-13-8-7-11(10-17)9-12(13)16/h7-9,17H,10,16H2,1-6H3. The molecule has 0 saturated carbocycles. The fourth-order valence-electron chi connectivity index (χ4n) is 1.63. The quantitative estimate of drug-likeness (QED) is 0.628. The van der Waals surface area contributed by atoms with Crippen LogP contribution < -0.4 is 10.3 Å². The van der Waals surface area contributed by atoms with Crippen molar-refractivity contribution in [3.05, 3.63) is 23.8 Å². The normalized spacial score (nSPS) is 13.2. The maximum Gasteiger partial charge on any atom is 0.531 e. The lowest BCUT2D eigenvalue weighted by molar-refractivity contribution is 0.0225. The Kier molecular flexibility index (Phi) is 5.68. The Hall–Kier alpha value is -1.07. The number of hydrogen-bond acceptors (Lipinski definition) is 6. The Bertz CT molecular complexity index is 540. The van der Waals surface area contributed by atoms with E-state index >= 15 is 0 Å². The fourth-order valence-corrected chi connectivity index (χ4v) is 3.49. The Labute approximate surface area is 132 Å². The summed E-state index contributed by atoms with van der Waals surface area (Å²) in [4.78, 5) is 0. The van der Waals surface area contributed by atoms with Gasteiger partial charge in [0.05, 0.1) is 23.5 Å². The van der Waals surface area contributed by atoms with Gasteiger partial charge >= 0.3 is 7.82 Å². The molecule has 1 aromatic rings. The largest absolute Gasteiger partial charge is 0.531 e. The molecule has 0 aliphatic rings. The predicted molar refractivity (Wildman–Crippen MR) is 86.7 cm³/mol. The molecule has 3 N–H and O–H groups in total. The molecule has 0 aliphatic heterocycles. The van der Waals surface area contributed by atoms with Gasteiger partial charge in [-0.05, 0) is 59.2 Å². The van der Waals surface area contributed by atoms with Gasteiger partial charge in [-0.1, -0.05) is 6.07 Å². The van der Waals surface area contributed by atoms with Crippen LogP contribution in [-0.2, 0) is 20.2 Å². The molecule has 0 aromatic heterocycles. The highest BCUT2D eigenvalue weighted by atomic mass is 31.2. The first-order valence-electron chi connectivity index (χ1n) is 7.04. The lowest BCUT2D eigenvalue weighted by Gasteiger charge is -2.31. The third-order valence-electron chi connectivity index (χ3n) is 2.24. The van der Waals surface area contributed by atoms with Gasteiger partial charge in [-0.2, -0.15) is 0 Å². The van der Waals surface area contributed by atoms with Gasteiger partial charge in [0.15, 0.2) is 5.75 Å². The Morgan fingerprint density at radius 1 is 1.09 bits per heavy atom. The number of hydrogen-bond donors (Lipinski definition) is 2. The zero-order valence-electron chi connectivity index (χ0n) is 14.0. The molecule has 0 amide bonds. The van der Waals surface area contributed by atoms with E-state index in [2.05, 4.69) is 0 Å². The number of nitrogen functional groups attached to an aromatic ring is 1. The number of anilines is 1. The second kappa shape index (κ2) is 6.59. The Morgan fingerprint density at radius 3 is 1.95 bits per heavy atom. The number of aliphatic hydroxyl groups is 1. The molecule has 0 aliphatic carbocycles. The minimum atomic E-state index is -3.88. The number of nitrogens with two attached hydrogens (primary N) is 1. The summed E-state index contributed by atoms with van der Waals surface area (Å²) in [5.41, 5.74) is 5.30. The molecular weight excluding hydrogens is 305 g/mol. The van der Waals surface area contributed by atoms with Gasteiger partial charge in [-0.25, -0.2) is 4.57 Å². The lowest BCUT2D eigenvalue weighted by atomic mass is 10.2. The van der Waals surface area contributed by atoms with Gasteiger partial charge in [-0.3, -0.25) is 9.05 Å². The maximum absolute atomic E-state index is 12.9. The van der Waals surface area contributed by atoms with E-state index in [1.165, 1.54) is 6.07 Å². The zero-order chi connectivity index (χ0) is 17.2. The van der Waals surface area contributed by atoms with Crippen molar-refractivity contribution in [3.8, 4) is 5.75 Å². The minimum absolute atomic E-state index is 0.140. The molecule has 1 aromatic carbocycles. The summed E-state index contributed by atoms with van der Waals surface area (Å²) in [6.07, 6.45) is 0. The van der Waals surface area contributed by atoms with Crippen molar-refractivity contribution >= 4 is 13.5 Å². The monoisotopic (exact) mass is 331 g/mol. The molecule has 7 heteroatoms. The summed E-state index contributed by atoms with van der Waals surface area (Å²) in [5.74, 6) is 0.189. The van der Waals surface area contributed by atoms with Crippen LogP contribution in [0.5, 0.6) is 5.75 Å². The van der Waals surface area contributed by atoms with E-state index in [-0.39, 0.29) is 18.0 Å². The zero-order valence-corrected chi connectivity index (χ0v) is 14.9. The third-order valence-corrected chi connectivity index (χ3v) is 4.20. The maximum atomic E-state index is 12.9. The smallest absolute Gasteiger partial charge is 0.402 e. The first kappa shape index (κ1) is 19.0. The van der Waals surface area contributed by atoms with Crippen LogP contribution in [0.25, 0.3) is 0 Å². The van der Waals surface area contributed by atoms with Gasteiger partial charge in [0.1, 0.15) is 0 Å². The lowest BCUT2D eigenvalue weighted by Crippen LogP contribution is -2.25. The molecule has 0 spiro atoms. The van der Waals surface area contributed by atoms with Crippen molar-refractivity contribution in [2.75, 3.05) is 5.73 Å². The second-order valence-electron chi connectivity index (χ2n) is 6.98. The molecule has 0 heterocycles. The average molecular weight is 331 g/mol. The van der Waals surface area contributed by atoms with E-state index in [0.717, 1.165) is 0 Å². The van der Waals surface area contributed by atoms with Crippen molar-refractivity contribution < 1.29 is 23.2 Å². The molecule has 0 fully saturated rings. The summed E-state index contributed by atoms with van der Waals surface area (Å²) in [7, 11) is -3.88. The molecule has 1 rings (SSSR count). The van der Waals surface area contributed by atoms with Gasteiger partial charge < -0.3 is 15.4 Å². The van der Waals surface area contributed by atoms with Crippen LogP contribution in [0.1, 0.15) is 47.1 Å². The molecule has 0 unspecified atom stereocenters. The Morgan fingerprint density at radius 2 is 1.59 bits per heavy atom. The van der Waals surface area contributed by atoms with Crippen LogP contribution in [-0.4, -0.2) is 16.3 Å². The van der Waals surface area contributed by atoms with Crippen molar-refractivity contribution in [3.63, 3.8) is 0 Å². The molecule has 0 bridgehead atoms. The van der Waals surface area contributed by atoms with Crippen molar-refractivity contribution in [2.24, 2.45) is 0 Å². The number of phosphoric ester groups is 1. The number of phosphoric acid groups is 1. The van der Waals surface area contributed by atoms with Crippen LogP contribution in [0.15, 0.2) is 18.2 Å². The Balaban J connectivity index is 3.10. The summed E-state index contributed by atoms with van der Waals surface area (Å²) in [6.45, 7) is 10.4. The van der Waals surface area contributed by atoms with E-state index in [1.807, 2.05) is 0 Å². The van der Waals surface area contributed by atoms with Crippen molar-refractivity contribution in [1.82, 2.24) is 0 Å². The number of rotatable bonds is 5. The molecule has 6 nitrogen and oxygen atoms in total. The topological polar surface area (TPSA) is 91.0 Å². The summed E-state index contributed by atoms with van der Waals surface area (Å²) < 4.78 is 29.5. The highest BCUT2D eigenvalue weighted by Crippen LogP contribution is 2.55. The van der Waals surface area contributed by atoms with Gasteiger partial charge in [0, 0.05) is 0 Å². The van der Waals surface area contributed by atoms with Crippen LogP contribution >= 0.6 is 7.82 Å². The number of benzene rings is 1. The first-order chi connectivity index (χ1) is 9.84. The SMILES string of the molecule is CC(C)(C)OP(=O)(Oc1ccc(CO)cc1N)OC(C)(C)C. The average Bonchev–Trinajstić information content (AvgIpc) is 2.26. The summed E-state index contributed by atoms with van der Waals surface area (Å²) in [6, 6.07) is 4.71. The predicted octanol–water partition coefficient (Wildman–Crippen LogP) is 3.88. The molecule has 0 atom stereocenters.